The summed E-state index contributed by atoms with van der Waals surface area (Å²) in [7, 11) is 0. The van der Waals surface area contributed by atoms with E-state index < -0.39 is 0 Å². The molecule has 0 unspecified atom stereocenters. The number of thioether (sulfide) groups is 1. The first-order chi connectivity index (χ1) is 15.2. The summed E-state index contributed by atoms with van der Waals surface area (Å²) in [5.41, 5.74) is 9.16. The van der Waals surface area contributed by atoms with E-state index in [1.807, 2.05) is 42.5 Å². The summed E-state index contributed by atoms with van der Waals surface area (Å²) < 4.78 is 6.58. The molecule has 1 amide bonds. The SMILES string of the molecule is Nc1nonc1NC(=O)CSc1nnc2c3ccccc3n(Cc3ccccc3)c2n1. The van der Waals surface area contributed by atoms with E-state index in [1.165, 1.54) is 11.8 Å². The molecule has 0 aliphatic heterocycles. The molecule has 5 aromatic rings. The molecule has 11 heteroatoms. The molecule has 10 nitrogen and oxygen atoms in total. The van der Waals surface area contributed by atoms with Crippen LogP contribution in [0.3, 0.4) is 0 Å². The zero-order chi connectivity index (χ0) is 21.2. The lowest BCUT2D eigenvalue weighted by Crippen LogP contribution is -2.15. The van der Waals surface area contributed by atoms with Gasteiger partial charge in [-0.25, -0.2) is 9.61 Å². The van der Waals surface area contributed by atoms with Crippen molar-refractivity contribution in [3.05, 3.63) is 60.2 Å². The van der Waals surface area contributed by atoms with Crippen LogP contribution in [0.15, 0.2) is 64.4 Å². The quantitative estimate of drug-likeness (QED) is 0.388. The maximum atomic E-state index is 12.2. The largest absolute Gasteiger partial charge is 0.378 e. The van der Waals surface area contributed by atoms with E-state index >= 15 is 0 Å². The Morgan fingerprint density at radius 1 is 1.06 bits per heavy atom. The lowest BCUT2D eigenvalue weighted by atomic mass is 10.2. The molecule has 2 aromatic carbocycles. The fraction of sp³-hybridized carbons (Fsp3) is 0.100. The van der Waals surface area contributed by atoms with E-state index in [9.17, 15) is 4.79 Å². The molecule has 0 aliphatic carbocycles. The molecular formula is C20H16N8O2S. The molecule has 0 atom stereocenters. The van der Waals surface area contributed by atoms with Crippen LogP contribution in [0.1, 0.15) is 5.56 Å². The van der Waals surface area contributed by atoms with E-state index in [4.69, 9.17) is 10.7 Å². The minimum absolute atomic E-state index is 0.0168. The van der Waals surface area contributed by atoms with E-state index in [1.54, 1.807) is 0 Å². The standard InChI is InChI=1S/C20H16N8O2S/c21-17-18(27-30-26-17)22-15(29)11-31-20-23-19-16(24-25-20)13-8-4-5-9-14(13)28(19)10-12-6-2-1-3-7-12/h1-9H,10-11H2,(H2,21,26)(H,22,27,29). The smallest absolute Gasteiger partial charge is 0.236 e. The van der Waals surface area contributed by atoms with Crippen LogP contribution in [-0.2, 0) is 11.3 Å². The predicted octanol–water partition coefficient (Wildman–Crippen LogP) is 2.72. The van der Waals surface area contributed by atoms with E-state index in [-0.39, 0.29) is 23.3 Å². The highest BCUT2D eigenvalue weighted by Crippen LogP contribution is 2.28. The van der Waals surface area contributed by atoms with Gasteiger partial charge in [-0.3, -0.25) is 4.79 Å². The van der Waals surface area contributed by atoms with Gasteiger partial charge in [-0.2, -0.15) is 0 Å². The lowest BCUT2D eigenvalue weighted by Gasteiger charge is -2.07. The zero-order valence-electron chi connectivity index (χ0n) is 16.1. The highest BCUT2D eigenvalue weighted by molar-refractivity contribution is 7.99. The van der Waals surface area contributed by atoms with E-state index in [0.717, 1.165) is 22.0 Å². The minimum atomic E-state index is -0.332. The van der Waals surface area contributed by atoms with Gasteiger partial charge < -0.3 is 15.6 Å². The van der Waals surface area contributed by atoms with Crippen molar-refractivity contribution in [1.82, 2.24) is 30.1 Å². The third kappa shape index (κ3) is 3.78. The zero-order valence-corrected chi connectivity index (χ0v) is 16.9. The summed E-state index contributed by atoms with van der Waals surface area (Å²) in [4.78, 5) is 16.9. The van der Waals surface area contributed by atoms with Crippen LogP contribution in [0.4, 0.5) is 11.6 Å². The third-order valence-corrected chi connectivity index (χ3v) is 5.48. The van der Waals surface area contributed by atoms with Crippen LogP contribution in [0.25, 0.3) is 22.1 Å². The molecular weight excluding hydrogens is 416 g/mol. The Hall–Kier alpha value is -3.99. The highest BCUT2D eigenvalue weighted by Gasteiger charge is 2.16. The molecule has 3 heterocycles. The van der Waals surface area contributed by atoms with Crippen LogP contribution < -0.4 is 11.1 Å². The molecule has 3 aromatic heterocycles. The number of hydrogen-bond donors (Lipinski definition) is 2. The Labute approximate surface area is 179 Å². The second-order valence-electron chi connectivity index (χ2n) is 6.69. The van der Waals surface area contributed by atoms with Crippen molar-refractivity contribution in [2.24, 2.45) is 0 Å². The first kappa shape index (κ1) is 19.0. The van der Waals surface area contributed by atoms with Crippen molar-refractivity contribution in [2.75, 3.05) is 16.8 Å². The number of benzene rings is 2. The van der Waals surface area contributed by atoms with Crippen molar-refractivity contribution < 1.29 is 9.42 Å². The summed E-state index contributed by atoms with van der Waals surface area (Å²) in [5.74, 6) is -0.176. The predicted molar refractivity (Wildman–Crippen MR) is 116 cm³/mol. The van der Waals surface area contributed by atoms with Crippen LogP contribution in [0.5, 0.6) is 0 Å². The number of carbonyl (C=O) groups excluding carboxylic acids is 1. The molecule has 0 spiro atoms. The van der Waals surface area contributed by atoms with Crippen LogP contribution in [0.2, 0.25) is 0 Å². The summed E-state index contributed by atoms with van der Waals surface area (Å²) >= 11 is 1.17. The second kappa shape index (κ2) is 8.03. The van der Waals surface area contributed by atoms with Crippen molar-refractivity contribution in [3.63, 3.8) is 0 Å². The molecule has 0 saturated heterocycles. The van der Waals surface area contributed by atoms with Gasteiger partial charge in [0.15, 0.2) is 5.65 Å². The maximum absolute atomic E-state index is 12.2. The number of aromatic nitrogens is 6. The average Bonchev–Trinajstić information content (AvgIpc) is 3.34. The Bertz CT molecular complexity index is 1380. The topological polar surface area (TPSA) is 138 Å². The maximum Gasteiger partial charge on any atom is 0.236 e. The molecule has 0 saturated carbocycles. The Morgan fingerprint density at radius 3 is 2.68 bits per heavy atom. The normalized spacial score (nSPS) is 11.2. The van der Waals surface area contributed by atoms with Gasteiger partial charge in [-0.15, -0.1) is 10.2 Å². The summed E-state index contributed by atoms with van der Waals surface area (Å²) in [6.45, 7) is 0.645. The number of nitrogens with one attached hydrogen (secondary N) is 1. The van der Waals surface area contributed by atoms with Crippen LogP contribution in [-0.4, -0.2) is 41.7 Å². The molecule has 0 fully saturated rings. The van der Waals surface area contributed by atoms with Gasteiger partial charge in [-0.1, -0.05) is 60.3 Å². The molecule has 0 radical (unpaired) electrons. The number of nitrogens with zero attached hydrogens (tertiary/aromatic N) is 6. The summed E-state index contributed by atoms with van der Waals surface area (Å²) in [5, 5.41) is 19.5. The van der Waals surface area contributed by atoms with E-state index in [2.05, 4.69) is 47.2 Å². The number of amides is 1. The van der Waals surface area contributed by atoms with Crippen molar-refractivity contribution in [1.29, 1.82) is 0 Å². The average molecular weight is 432 g/mol. The lowest BCUT2D eigenvalue weighted by molar-refractivity contribution is -0.113. The molecule has 0 aliphatic rings. The fourth-order valence-electron chi connectivity index (χ4n) is 3.26. The van der Waals surface area contributed by atoms with Crippen molar-refractivity contribution in [2.45, 2.75) is 11.7 Å². The van der Waals surface area contributed by atoms with Gasteiger partial charge in [0, 0.05) is 11.9 Å². The van der Waals surface area contributed by atoms with Gasteiger partial charge in [0.1, 0.15) is 5.52 Å². The minimum Gasteiger partial charge on any atom is -0.378 e. The van der Waals surface area contributed by atoms with Crippen molar-refractivity contribution >= 4 is 51.4 Å². The van der Waals surface area contributed by atoms with Gasteiger partial charge in [0.2, 0.25) is 22.7 Å². The van der Waals surface area contributed by atoms with Crippen LogP contribution >= 0.6 is 11.8 Å². The van der Waals surface area contributed by atoms with Gasteiger partial charge in [0.05, 0.1) is 11.3 Å². The molecule has 5 rings (SSSR count). The van der Waals surface area contributed by atoms with Gasteiger partial charge in [-0.05, 0) is 21.9 Å². The fourth-order valence-corrected chi connectivity index (χ4v) is 3.84. The summed E-state index contributed by atoms with van der Waals surface area (Å²) in [6.07, 6.45) is 0. The van der Waals surface area contributed by atoms with Gasteiger partial charge in [0.25, 0.3) is 0 Å². The molecule has 0 bridgehead atoms. The number of para-hydroxylation sites is 1. The van der Waals surface area contributed by atoms with Crippen LogP contribution in [0, 0.1) is 0 Å². The molecule has 31 heavy (non-hydrogen) atoms. The van der Waals surface area contributed by atoms with E-state index in [0.29, 0.717) is 17.3 Å². The number of carbonyl (C=O) groups is 1. The number of fused-ring (bicyclic) bond motifs is 3. The molecule has 154 valence electrons. The Kier molecular flexibility index (Phi) is 4.92. The second-order valence-corrected chi connectivity index (χ2v) is 7.63. The monoisotopic (exact) mass is 432 g/mol. The van der Waals surface area contributed by atoms with Gasteiger partial charge >= 0.3 is 0 Å². The third-order valence-electron chi connectivity index (χ3n) is 4.64. The first-order valence-electron chi connectivity index (χ1n) is 9.35. The number of hydrogen-bond acceptors (Lipinski definition) is 9. The number of anilines is 2. The Balaban J connectivity index is 1.44. The number of nitrogen functional groups attached to an aromatic ring is 1. The number of rotatable bonds is 6. The Morgan fingerprint density at radius 2 is 1.87 bits per heavy atom. The summed E-state index contributed by atoms with van der Waals surface area (Å²) in [6, 6.07) is 18.1. The highest BCUT2D eigenvalue weighted by atomic mass is 32.2. The molecule has 3 N–H and O–H groups in total. The van der Waals surface area contributed by atoms with Crippen molar-refractivity contribution in [3.8, 4) is 0 Å². The first-order valence-corrected chi connectivity index (χ1v) is 10.3. The number of nitrogens with two attached hydrogens (primary N) is 1.